The lowest BCUT2D eigenvalue weighted by Gasteiger charge is -2.36. The minimum Gasteiger partial charge on any atom is -0.497 e. The third-order valence-electron chi connectivity index (χ3n) is 6.05. The van der Waals surface area contributed by atoms with E-state index in [0.29, 0.717) is 17.7 Å². The van der Waals surface area contributed by atoms with Crippen molar-refractivity contribution >= 4 is 11.6 Å². The van der Waals surface area contributed by atoms with Crippen LogP contribution in [0.1, 0.15) is 25.7 Å². The summed E-state index contributed by atoms with van der Waals surface area (Å²) in [4.78, 5) is 15.1. The van der Waals surface area contributed by atoms with Gasteiger partial charge in [-0.05, 0) is 37.5 Å². The third-order valence-corrected chi connectivity index (χ3v) is 6.05. The van der Waals surface area contributed by atoms with Gasteiger partial charge in [-0.1, -0.05) is 12.2 Å². The van der Waals surface area contributed by atoms with Crippen LogP contribution in [-0.2, 0) is 4.79 Å². The summed E-state index contributed by atoms with van der Waals surface area (Å²) in [6, 6.07) is 6.08. The Hall–Kier alpha value is -2.17. The Balaban J connectivity index is 1.41. The van der Waals surface area contributed by atoms with E-state index < -0.39 is 0 Å². The normalized spacial score (nSPS) is 29.7. The van der Waals surface area contributed by atoms with Crippen LogP contribution in [0.2, 0.25) is 0 Å². The van der Waals surface area contributed by atoms with Crippen LogP contribution in [0.3, 0.4) is 0 Å². The Morgan fingerprint density at radius 3 is 2.50 bits per heavy atom. The van der Waals surface area contributed by atoms with Gasteiger partial charge in [-0.25, -0.2) is 0 Å². The minimum absolute atomic E-state index is 0.209. The van der Waals surface area contributed by atoms with Crippen molar-refractivity contribution < 1.29 is 14.3 Å². The van der Waals surface area contributed by atoms with E-state index in [9.17, 15) is 4.79 Å². The standard InChI is InChI=1S/C21H28N2O3/c1-25-18-10-17(11-19(12-18)26-2)22-16-4-3-7-23(13-16)21(24)20-9-14-5-6-15(20)8-14/h5-6,10-12,14-16,20,22H,3-4,7-9,13H2,1-2H3. The monoisotopic (exact) mass is 356 g/mol. The van der Waals surface area contributed by atoms with Crippen LogP contribution >= 0.6 is 0 Å². The quantitative estimate of drug-likeness (QED) is 0.823. The Kier molecular flexibility index (Phi) is 4.79. The zero-order valence-corrected chi connectivity index (χ0v) is 15.6. The number of likely N-dealkylation sites (tertiary alicyclic amines) is 1. The maximum absolute atomic E-state index is 13.0. The summed E-state index contributed by atoms with van der Waals surface area (Å²) in [7, 11) is 3.31. The number of anilines is 1. The van der Waals surface area contributed by atoms with E-state index in [4.69, 9.17) is 9.47 Å². The van der Waals surface area contributed by atoms with Gasteiger partial charge in [0, 0.05) is 48.9 Å². The Labute approximate surface area is 155 Å². The molecule has 0 aromatic heterocycles. The molecule has 4 atom stereocenters. The van der Waals surface area contributed by atoms with E-state index in [1.807, 2.05) is 18.2 Å². The third kappa shape index (κ3) is 3.39. The average Bonchev–Trinajstić information content (AvgIpc) is 3.30. The zero-order chi connectivity index (χ0) is 18.1. The Morgan fingerprint density at radius 2 is 1.88 bits per heavy atom. The number of hydrogen-bond acceptors (Lipinski definition) is 4. The molecule has 1 aliphatic heterocycles. The van der Waals surface area contributed by atoms with Gasteiger partial charge < -0.3 is 19.7 Å². The number of nitrogens with zero attached hydrogens (tertiary/aromatic N) is 1. The van der Waals surface area contributed by atoms with Gasteiger partial charge in [0.2, 0.25) is 5.91 Å². The van der Waals surface area contributed by atoms with Crippen LogP contribution in [0.5, 0.6) is 11.5 Å². The van der Waals surface area contributed by atoms with Gasteiger partial charge in [-0.3, -0.25) is 4.79 Å². The first kappa shape index (κ1) is 17.3. The molecule has 1 saturated heterocycles. The van der Waals surface area contributed by atoms with E-state index in [-0.39, 0.29) is 12.0 Å². The van der Waals surface area contributed by atoms with Crippen LogP contribution < -0.4 is 14.8 Å². The molecule has 2 bridgehead atoms. The van der Waals surface area contributed by atoms with Crippen LogP contribution in [0, 0.1) is 17.8 Å². The molecule has 1 N–H and O–H groups in total. The highest BCUT2D eigenvalue weighted by Gasteiger charge is 2.42. The van der Waals surface area contributed by atoms with Crippen molar-refractivity contribution in [3.05, 3.63) is 30.4 Å². The second-order valence-corrected chi connectivity index (χ2v) is 7.76. The van der Waals surface area contributed by atoms with E-state index >= 15 is 0 Å². The molecule has 0 radical (unpaired) electrons. The molecule has 3 aliphatic rings. The number of benzene rings is 1. The number of fused-ring (bicyclic) bond motifs is 2. The molecular formula is C21H28N2O3. The number of nitrogens with one attached hydrogen (secondary N) is 1. The average molecular weight is 356 g/mol. The molecule has 26 heavy (non-hydrogen) atoms. The fourth-order valence-electron chi connectivity index (χ4n) is 4.72. The lowest BCUT2D eigenvalue weighted by Crippen LogP contribution is -2.47. The summed E-state index contributed by atoms with van der Waals surface area (Å²) in [5, 5.41) is 3.57. The van der Waals surface area contributed by atoms with Gasteiger partial charge in [-0.2, -0.15) is 0 Å². The van der Waals surface area contributed by atoms with Gasteiger partial charge >= 0.3 is 0 Å². The van der Waals surface area contributed by atoms with Crippen LogP contribution in [0.4, 0.5) is 5.69 Å². The van der Waals surface area contributed by atoms with Crippen molar-refractivity contribution in [2.75, 3.05) is 32.6 Å². The molecule has 1 aromatic rings. The summed E-state index contributed by atoms with van der Waals surface area (Å²) in [6.45, 7) is 1.66. The molecule has 1 aromatic carbocycles. The summed E-state index contributed by atoms with van der Waals surface area (Å²) >= 11 is 0. The van der Waals surface area contributed by atoms with Crippen LogP contribution in [0.15, 0.2) is 30.4 Å². The summed E-state index contributed by atoms with van der Waals surface area (Å²) in [5.74, 6) is 3.21. The largest absolute Gasteiger partial charge is 0.497 e. The Morgan fingerprint density at radius 1 is 1.12 bits per heavy atom. The summed E-state index contributed by atoms with van der Waals surface area (Å²) < 4.78 is 10.7. The smallest absolute Gasteiger partial charge is 0.226 e. The fourth-order valence-corrected chi connectivity index (χ4v) is 4.72. The number of amides is 1. The van der Waals surface area contributed by atoms with Crippen LogP contribution in [0.25, 0.3) is 0 Å². The molecule has 1 amide bonds. The molecular weight excluding hydrogens is 328 g/mol. The molecule has 4 rings (SSSR count). The molecule has 0 spiro atoms. The van der Waals surface area contributed by atoms with Crippen molar-refractivity contribution in [1.29, 1.82) is 0 Å². The first-order valence-electron chi connectivity index (χ1n) is 9.63. The molecule has 5 nitrogen and oxygen atoms in total. The number of carbonyl (C=O) groups excluding carboxylic acids is 1. The number of allylic oxidation sites excluding steroid dienone is 2. The van der Waals surface area contributed by atoms with Gasteiger partial charge in [0.1, 0.15) is 11.5 Å². The highest BCUT2D eigenvalue weighted by Crippen LogP contribution is 2.44. The van der Waals surface area contributed by atoms with Gasteiger partial charge in [0.25, 0.3) is 0 Å². The van der Waals surface area contributed by atoms with Crippen molar-refractivity contribution in [3.63, 3.8) is 0 Å². The van der Waals surface area contributed by atoms with Crippen molar-refractivity contribution in [2.45, 2.75) is 31.7 Å². The maximum Gasteiger partial charge on any atom is 0.226 e. The summed E-state index contributed by atoms with van der Waals surface area (Å²) in [5.41, 5.74) is 0.975. The van der Waals surface area contributed by atoms with Crippen molar-refractivity contribution in [1.82, 2.24) is 4.90 Å². The fraction of sp³-hybridized carbons (Fsp3) is 0.571. The van der Waals surface area contributed by atoms with E-state index in [2.05, 4.69) is 22.4 Å². The maximum atomic E-state index is 13.0. The number of rotatable bonds is 5. The van der Waals surface area contributed by atoms with Gasteiger partial charge in [0.15, 0.2) is 0 Å². The van der Waals surface area contributed by atoms with E-state index in [1.165, 1.54) is 6.42 Å². The molecule has 1 saturated carbocycles. The van der Waals surface area contributed by atoms with E-state index in [1.54, 1.807) is 14.2 Å². The highest BCUT2D eigenvalue weighted by atomic mass is 16.5. The molecule has 4 unspecified atom stereocenters. The van der Waals surface area contributed by atoms with E-state index in [0.717, 1.165) is 49.5 Å². The second-order valence-electron chi connectivity index (χ2n) is 7.76. The Bertz CT molecular complexity index is 680. The first-order valence-corrected chi connectivity index (χ1v) is 9.63. The van der Waals surface area contributed by atoms with Crippen molar-refractivity contribution in [3.8, 4) is 11.5 Å². The summed E-state index contributed by atoms with van der Waals surface area (Å²) in [6.07, 6.45) is 8.89. The SMILES string of the molecule is COc1cc(NC2CCCN(C(=O)C3CC4C=CC3C4)C2)cc(OC)c1. The molecule has 5 heteroatoms. The van der Waals surface area contributed by atoms with Crippen LogP contribution in [-0.4, -0.2) is 44.2 Å². The lowest BCUT2D eigenvalue weighted by atomic mass is 9.91. The number of hydrogen-bond donors (Lipinski definition) is 1. The first-order chi connectivity index (χ1) is 12.7. The zero-order valence-electron chi connectivity index (χ0n) is 15.6. The predicted octanol–water partition coefficient (Wildman–Crippen LogP) is 3.32. The predicted molar refractivity (Wildman–Crippen MR) is 102 cm³/mol. The van der Waals surface area contributed by atoms with Crippen molar-refractivity contribution in [2.24, 2.45) is 17.8 Å². The molecule has 2 aliphatic carbocycles. The molecule has 2 fully saturated rings. The highest BCUT2D eigenvalue weighted by molar-refractivity contribution is 5.80. The molecule has 1 heterocycles. The number of piperidine rings is 1. The number of methoxy groups -OCH3 is 2. The van der Waals surface area contributed by atoms with Gasteiger partial charge in [-0.15, -0.1) is 0 Å². The lowest BCUT2D eigenvalue weighted by molar-refractivity contribution is -0.137. The van der Waals surface area contributed by atoms with Gasteiger partial charge in [0.05, 0.1) is 14.2 Å². The number of carbonyl (C=O) groups is 1. The minimum atomic E-state index is 0.209. The second kappa shape index (κ2) is 7.22. The molecule has 140 valence electrons. The topological polar surface area (TPSA) is 50.8 Å². The number of ether oxygens (including phenoxy) is 2.